The van der Waals surface area contributed by atoms with Gasteiger partial charge in [-0.05, 0) is 36.7 Å². The van der Waals surface area contributed by atoms with Gasteiger partial charge >= 0.3 is 0 Å². The molecular formula is C20H28N2O2. The minimum absolute atomic E-state index is 0.129. The van der Waals surface area contributed by atoms with Crippen molar-refractivity contribution in [3.8, 4) is 0 Å². The molecule has 1 saturated carbocycles. The number of likely N-dealkylation sites (tertiary alicyclic amines) is 1. The second kappa shape index (κ2) is 7.82. The molecule has 4 nitrogen and oxygen atoms in total. The summed E-state index contributed by atoms with van der Waals surface area (Å²) < 4.78 is 0. The third-order valence-corrected chi connectivity index (χ3v) is 5.43. The van der Waals surface area contributed by atoms with Gasteiger partial charge in [0.25, 0.3) is 0 Å². The van der Waals surface area contributed by atoms with Gasteiger partial charge in [0.05, 0.1) is 0 Å². The van der Waals surface area contributed by atoms with E-state index in [1.807, 2.05) is 35.2 Å². The maximum Gasteiger partial charge on any atom is 0.225 e. The SMILES string of the molecule is CC[C@H]1CN(C(=O)C2CC2)CC[C@H]1CC(=O)NCc1ccccc1. The summed E-state index contributed by atoms with van der Waals surface area (Å²) in [5.74, 6) is 1.62. The lowest BCUT2D eigenvalue weighted by Gasteiger charge is -2.38. The van der Waals surface area contributed by atoms with Crippen LogP contribution in [-0.2, 0) is 16.1 Å². The van der Waals surface area contributed by atoms with Gasteiger partial charge in [-0.1, -0.05) is 43.7 Å². The molecule has 3 rings (SSSR count). The lowest BCUT2D eigenvalue weighted by Crippen LogP contribution is -2.45. The Bertz CT molecular complexity index is 568. The Hall–Kier alpha value is -1.84. The molecule has 0 aromatic heterocycles. The van der Waals surface area contributed by atoms with Crippen molar-refractivity contribution in [3.63, 3.8) is 0 Å². The van der Waals surface area contributed by atoms with Crippen LogP contribution in [0.4, 0.5) is 0 Å². The molecule has 0 radical (unpaired) electrons. The van der Waals surface area contributed by atoms with Crippen molar-refractivity contribution in [2.75, 3.05) is 13.1 Å². The number of hydrogen-bond donors (Lipinski definition) is 1. The molecule has 0 unspecified atom stereocenters. The lowest BCUT2D eigenvalue weighted by atomic mass is 9.81. The van der Waals surface area contributed by atoms with Gasteiger partial charge in [0.2, 0.25) is 11.8 Å². The van der Waals surface area contributed by atoms with Crippen LogP contribution in [-0.4, -0.2) is 29.8 Å². The van der Waals surface area contributed by atoms with Crippen LogP contribution in [0.1, 0.15) is 44.6 Å². The van der Waals surface area contributed by atoms with Gasteiger partial charge in [-0.25, -0.2) is 0 Å². The number of amides is 2. The quantitative estimate of drug-likeness (QED) is 0.873. The molecule has 1 aliphatic carbocycles. The first-order chi connectivity index (χ1) is 11.7. The number of carbonyl (C=O) groups excluding carboxylic acids is 2. The van der Waals surface area contributed by atoms with Gasteiger partial charge < -0.3 is 10.2 Å². The summed E-state index contributed by atoms with van der Waals surface area (Å²) in [7, 11) is 0. The topological polar surface area (TPSA) is 49.4 Å². The van der Waals surface area contributed by atoms with E-state index >= 15 is 0 Å². The van der Waals surface area contributed by atoms with Gasteiger partial charge in [0.1, 0.15) is 0 Å². The fraction of sp³-hybridized carbons (Fsp3) is 0.600. The molecule has 0 spiro atoms. The zero-order valence-electron chi connectivity index (χ0n) is 14.5. The maximum atomic E-state index is 12.3. The normalized spacial score (nSPS) is 23.8. The van der Waals surface area contributed by atoms with Gasteiger partial charge in [-0.15, -0.1) is 0 Å². The molecule has 130 valence electrons. The summed E-state index contributed by atoms with van der Waals surface area (Å²) in [6.07, 6.45) is 4.70. The van der Waals surface area contributed by atoms with Crippen molar-refractivity contribution in [1.82, 2.24) is 10.2 Å². The van der Waals surface area contributed by atoms with Gasteiger partial charge in [0.15, 0.2) is 0 Å². The molecule has 1 N–H and O–H groups in total. The number of benzene rings is 1. The Morgan fingerprint density at radius 1 is 1.12 bits per heavy atom. The second-order valence-electron chi connectivity index (χ2n) is 7.24. The third kappa shape index (κ3) is 4.37. The first kappa shape index (κ1) is 17.0. The molecule has 2 atom stereocenters. The molecule has 1 aromatic carbocycles. The van der Waals surface area contributed by atoms with Gasteiger partial charge in [-0.3, -0.25) is 9.59 Å². The third-order valence-electron chi connectivity index (χ3n) is 5.43. The molecule has 4 heteroatoms. The van der Waals surface area contributed by atoms with E-state index in [0.29, 0.717) is 36.6 Å². The zero-order valence-corrected chi connectivity index (χ0v) is 14.5. The fourth-order valence-corrected chi connectivity index (χ4v) is 3.71. The van der Waals surface area contributed by atoms with Crippen LogP contribution in [0.5, 0.6) is 0 Å². The first-order valence-corrected chi connectivity index (χ1v) is 9.26. The molecule has 1 aromatic rings. The van der Waals surface area contributed by atoms with E-state index < -0.39 is 0 Å². The Labute approximate surface area is 144 Å². The Kier molecular flexibility index (Phi) is 5.54. The zero-order chi connectivity index (χ0) is 16.9. The van der Waals surface area contributed by atoms with Crippen LogP contribution in [0.3, 0.4) is 0 Å². The average molecular weight is 328 g/mol. The van der Waals surface area contributed by atoms with E-state index in [-0.39, 0.29) is 5.91 Å². The van der Waals surface area contributed by atoms with Crippen LogP contribution in [0.15, 0.2) is 30.3 Å². The Morgan fingerprint density at radius 3 is 2.54 bits per heavy atom. The molecule has 24 heavy (non-hydrogen) atoms. The molecule has 1 aliphatic heterocycles. The minimum Gasteiger partial charge on any atom is -0.352 e. The van der Waals surface area contributed by atoms with Crippen molar-refractivity contribution in [2.24, 2.45) is 17.8 Å². The number of nitrogens with zero attached hydrogens (tertiary/aromatic N) is 1. The highest BCUT2D eigenvalue weighted by molar-refractivity contribution is 5.81. The van der Waals surface area contributed by atoms with Crippen LogP contribution in [0.25, 0.3) is 0 Å². The summed E-state index contributed by atoms with van der Waals surface area (Å²) in [5, 5.41) is 3.03. The predicted molar refractivity (Wildman–Crippen MR) is 94.1 cm³/mol. The average Bonchev–Trinajstić information content (AvgIpc) is 3.45. The van der Waals surface area contributed by atoms with Crippen molar-refractivity contribution in [3.05, 3.63) is 35.9 Å². The smallest absolute Gasteiger partial charge is 0.225 e. The Balaban J connectivity index is 1.47. The largest absolute Gasteiger partial charge is 0.352 e. The monoisotopic (exact) mass is 328 g/mol. The summed E-state index contributed by atoms with van der Waals surface area (Å²) in [4.78, 5) is 26.6. The molecule has 2 amide bonds. The van der Waals surface area contributed by atoms with Crippen molar-refractivity contribution < 1.29 is 9.59 Å². The van der Waals surface area contributed by atoms with Crippen LogP contribution in [0.2, 0.25) is 0 Å². The minimum atomic E-state index is 0.129. The number of nitrogens with one attached hydrogen (secondary N) is 1. The Morgan fingerprint density at radius 2 is 1.88 bits per heavy atom. The van der Waals surface area contributed by atoms with E-state index in [0.717, 1.165) is 44.3 Å². The second-order valence-corrected chi connectivity index (χ2v) is 7.24. The number of carbonyl (C=O) groups is 2. The van der Waals surface area contributed by atoms with E-state index in [9.17, 15) is 9.59 Å². The van der Waals surface area contributed by atoms with Crippen LogP contribution < -0.4 is 5.32 Å². The van der Waals surface area contributed by atoms with E-state index in [1.54, 1.807) is 0 Å². The molecule has 2 aliphatic rings. The molecule has 0 bridgehead atoms. The number of rotatable bonds is 6. The highest BCUT2D eigenvalue weighted by Gasteiger charge is 2.37. The molecule has 1 heterocycles. The summed E-state index contributed by atoms with van der Waals surface area (Å²) in [6.45, 7) is 4.42. The lowest BCUT2D eigenvalue weighted by molar-refractivity contribution is -0.135. The van der Waals surface area contributed by atoms with E-state index in [2.05, 4.69) is 12.2 Å². The maximum absolute atomic E-state index is 12.3. The van der Waals surface area contributed by atoms with Crippen LogP contribution in [0, 0.1) is 17.8 Å². The van der Waals surface area contributed by atoms with Gasteiger partial charge in [-0.2, -0.15) is 0 Å². The summed E-state index contributed by atoms with van der Waals surface area (Å²) in [6, 6.07) is 10.0. The summed E-state index contributed by atoms with van der Waals surface area (Å²) in [5.41, 5.74) is 1.13. The van der Waals surface area contributed by atoms with Crippen molar-refractivity contribution in [2.45, 2.75) is 45.6 Å². The van der Waals surface area contributed by atoms with E-state index in [1.165, 1.54) is 0 Å². The highest BCUT2D eigenvalue weighted by atomic mass is 16.2. The number of hydrogen-bond acceptors (Lipinski definition) is 2. The molecule has 1 saturated heterocycles. The van der Waals surface area contributed by atoms with Crippen LogP contribution >= 0.6 is 0 Å². The molecule has 2 fully saturated rings. The number of piperidine rings is 1. The first-order valence-electron chi connectivity index (χ1n) is 9.26. The highest BCUT2D eigenvalue weighted by Crippen LogP contribution is 2.35. The van der Waals surface area contributed by atoms with Crippen molar-refractivity contribution >= 4 is 11.8 Å². The van der Waals surface area contributed by atoms with E-state index in [4.69, 9.17) is 0 Å². The van der Waals surface area contributed by atoms with Crippen molar-refractivity contribution in [1.29, 1.82) is 0 Å². The standard InChI is InChI=1S/C20H28N2O2/c1-2-16-14-22(20(24)17-8-9-17)11-10-18(16)12-19(23)21-13-15-6-4-3-5-7-15/h3-7,16-18H,2,8-14H2,1H3,(H,21,23)/t16-,18-/m0/s1. The predicted octanol–water partition coefficient (Wildman–Crippen LogP) is 2.98. The molecular weight excluding hydrogens is 300 g/mol. The fourth-order valence-electron chi connectivity index (χ4n) is 3.71. The van der Waals surface area contributed by atoms with Gasteiger partial charge in [0, 0.05) is 32.0 Å². The summed E-state index contributed by atoms with van der Waals surface area (Å²) >= 11 is 0.